The van der Waals surface area contributed by atoms with E-state index in [1.165, 1.54) is 36.8 Å². The summed E-state index contributed by atoms with van der Waals surface area (Å²) in [4.78, 5) is 0. The zero-order valence-electron chi connectivity index (χ0n) is 10.5. The van der Waals surface area contributed by atoms with Crippen molar-refractivity contribution in [3.8, 4) is 0 Å². The Morgan fingerprint density at radius 1 is 1.25 bits per heavy atom. The number of hydrogen-bond donors (Lipinski definition) is 1. The highest BCUT2D eigenvalue weighted by molar-refractivity contribution is 5.25. The fourth-order valence-electron chi connectivity index (χ4n) is 2.27. The molecule has 1 aromatic carbocycles. The Balaban J connectivity index is 1.94. The van der Waals surface area contributed by atoms with Gasteiger partial charge in [0.15, 0.2) is 0 Å². The molecule has 0 aliphatic heterocycles. The Morgan fingerprint density at radius 2 is 1.94 bits per heavy atom. The lowest BCUT2D eigenvalue weighted by molar-refractivity contribution is 0.506. The molecule has 1 atom stereocenters. The molecule has 0 heterocycles. The lowest BCUT2D eigenvalue weighted by Crippen LogP contribution is -2.16. The Morgan fingerprint density at radius 3 is 2.44 bits per heavy atom. The Labute approximate surface area is 99.3 Å². The first-order valence-corrected chi connectivity index (χ1v) is 6.59. The van der Waals surface area contributed by atoms with Crippen LogP contribution < -0.4 is 5.32 Å². The number of nitrogens with one attached hydrogen (secondary N) is 1. The number of hydrogen-bond acceptors (Lipinski definition) is 1. The summed E-state index contributed by atoms with van der Waals surface area (Å²) in [6.45, 7) is 2.21. The second-order valence-electron chi connectivity index (χ2n) is 4.96. The van der Waals surface area contributed by atoms with Crippen LogP contribution in [-0.4, -0.2) is 7.05 Å². The van der Waals surface area contributed by atoms with E-state index in [2.05, 4.69) is 43.6 Å². The van der Waals surface area contributed by atoms with Gasteiger partial charge in [0, 0.05) is 6.04 Å². The van der Waals surface area contributed by atoms with E-state index >= 15 is 0 Å². The highest BCUT2D eigenvalue weighted by Crippen LogP contribution is 2.35. The molecule has 1 aromatic rings. The third kappa shape index (κ3) is 3.08. The molecule has 0 spiro atoms. The summed E-state index contributed by atoms with van der Waals surface area (Å²) in [5.74, 6) is 1.03. The zero-order chi connectivity index (χ0) is 11.4. The first-order valence-electron chi connectivity index (χ1n) is 6.59. The second kappa shape index (κ2) is 5.49. The third-order valence-corrected chi connectivity index (χ3v) is 3.70. The van der Waals surface area contributed by atoms with Crippen molar-refractivity contribution in [2.75, 3.05) is 7.05 Å². The smallest absolute Gasteiger partial charge is 0.0317 e. The first kappa shape index (κ1) is 11.7. The molecule has 1 unspecified atom stereocenters. The van der Waals surface area contributed by atoms with Gasteiger partial charge >= 0.3 is 0 Å². The van der Waals surface area contributed by atoms with Crippen LogP contribution in [0, 0.1) is 5.92 Å². The molecule has 1 nitrogen and oxygen atoms in total. The number of aryl methyl sites for hydroxylation is 1. The second-order valence-corrected chi connectivity index (χ2v) is 4.96. The van der Waals surface area contributed by atoms with Crippen molar-refractivity contribution in [2.45, 2.75) is 45.1 Å². The molecule has 1 heteroatoms. The fraction of sp³-hybridized carbons (Fsp3) is 0.600. The molecule has 1 aliphatic rings. The number of rotatable bonds is 6. The highest BCUT2D eigenvalue weighted by Gasteiger charge is 2.22. The van der Waals surface area contributed by atoms with Crippen molar-refractivity contribution in [3.63, 3.8) is 0 Å². The van der Waals surface area contributed by atoms with Crippen LogP contribution in [0.15, 0.2) is 24.3 Å². The summed E-state index contributed by atoms with van der Waals surface area (Å²) in [6, 6.07) is 9.64. The van der Waals surface area contributed by atoms with Crippen molar-refractivity contribution in [2.24, 2.45) is 5.92 Å². The Bertz CT molecular complexity index is 311. The molecule has 1 N–H and O–H groups in total. The van der Waals surface area contributed by atoms with Crippen LogP contribution >= 0.6 is 0 Å². The van der Waals surface area contributed by atoms with Crippen molar-refractivity contribution < 1.29 is 0 Å². The lowest BCUT2D eigenvalue weighted by Gasteiger charge is -2.16. The van der Waals surface area contributed by atoms with E-state index < -0.39 is 0 Å². The minimum atomic E-state index is 0.548. The summed E-state index contributed by atoms with van der Waals surface area (Å²) in [7, 11) is 2.07. The molecule has 0 amide bonds. The Kier molecular flexibility index (Phi) is 4.00. The van der Waals surface area contributed by atoms with Gasteiger partial charge in [-0.3, -0.25) is 0 Å². The molecule has 16 heavy (non-hydrogen) atoms. The maximum Gasteiger partial charge on any atom is 0.0317 e. The van der Waals surface area contributed by atoms with Crippen LogP contribution in [0.4, 0.5) is 0 Å². The average molecular weight is 217 g/mol. The maximum absolute atomic E-state index is 3.44. The SMILES string of the molecule is CCc1ccc(C(CCC2CC2)NC)cc1. The third-order valence-electron chi connectivity index (χ3n) is 3.70. The van der Waals surface area contributed by atoms with Gasteiger partial charge in [-0.05, 0) is 43.4 Å². The van der Waals surface area contributed by atoms with E-state index in [1.54, 1.807) is 0 Å². The van der Waals surface area contributed by atoms with Crippen LogP contribution in [0.5, 0.6) is 0 Å². The van der Waals surface area contributed by atoms with Gasteiger partial charge in [0.2, 0.25) is 0 Å². The molecule has 0 saturated heterocycles. The molecular formula is C15H23N. The normalized spacial score (nSPS) is 17.4. The van der Waals surface area contributed by atoms with E-state index in [0.29, 0.717) is 6.04 Å². The first-order chi connectivity index (χ1) is 7.83. The van der Waals surface area contributed by atoms with Crippen LogP contribution in [0.2, 0.25) is 0 Å². The summed E-state index contributed by atoms with van der Waals surface area (Å²) >= 11 is 0. The van der Waals surface area contributed by atoms with Gasteiger partial charge in [-0.2, -0.15) is 0 Å². The van der Waals surface area contributed by atoms with E-state index in [4.69, 9.17) is 0 Å². The van der Waals surface area contributed by atoms with Crippen LogP contribution in [-0.2, 0) is 6.42 Å². The van der Waals surface area contributed by atoms with E-state index in [9.17, 15) is 0 Å². The van der Waals surface area contributed by atoms with Crippen molar-refractivity contribution in [3.05, 3.63) is 35.4 Å². The molecule has 0 bridgehead atoms. The highest BCUT2D eigenvalue weighted by atomic mass is 14.9. The van der Waals surface area contributed by atoms with Crippen LogP contribution in [0.1, 0.15) is 49.8 Å². The molecule has 88 valence electrons. The van der Waals surface area contributed by atoms with E-state index in [1.807, 2.05) is 0 Å². The lowest BCUT2D eigenvalue weighted by atomic mass is 9.99. The van der Waals surface area contributed by atoms with Crippen molar-refractivity contribution >= 4 is 0 Å². The zero-order valence-corrected chi connectivity index (χ0v) is 10.5. The molecule has 1 fully saturated rings. The quantitative estimate of drug-likeness (QED) is 0.766. The van der Waals surface area contributed by atoms with Gasteiger partial charge in [0.05, 0.1) is 0 Å². The van der Waals surface area contributed by atoms with Gasteiger partial charge in [-0.15, -0.1) is 0 Å². The average Bonchev–Trinajstić information content (AvgIpc) is 3.15. The predicted molar refractivity (Wildman–Crippen MR) is 69.6 cm³/mol. The van der Waals surface area contributed by atoms with Crippen LogP contribution in [0.25, 0.3) is 0 Å². The van der Waals surface area contributed by atoms with Gasteiger partial charge < -0.3 is 5.32 Å². The maximum atomic E-state index is 3.44. The van der Waals surface area contributed by atoms with E-state index in [-0.39, 0.29) is 0 Å². The molecule has 1 saturated carbocycles. The monoisotopic (exact) mass is 217 g/mol. The van der Waals surface area contributed by atoms with Gasteiger partial charge in [-0.25, -0.2) is 0 Å². The summed E-state index contributed by atoms with van der Waals surface area (Å²) < 4.78 is 0. The van der Waals surface area contributed by atoms with Gasteiger partial charge in [-0.1, -0.05) is 44.0 Å². The summed E-state index contributed by atoms with van der Waals surface area (Å²) in [5.41, 5.74) is 2.88. The molecule has 0 aromatic heterocycles. The molecule has 1 aliphatic carbocycles. The predicted octanol–water partition coefficient (Wildman–Crippen LogP) is 3.70. The molecule has 0 radical (unpaired) electrons. The largest absolute Gasteiger partial charge is 0.313 e. The van der Waals surface area contributed by atoms with E-state index in [0.717, 1.165) is 12.3 Å². The number of benzene rings is 1. The minimum Gasteiger partial charge on any atom is -0.313 e. The summed E-state index contributed by atoms with van der Waals surface area (Å²) in [5, 5.41) is 3.44. The van der Waals surface area contributed by atoms with Crippen molar-refractivity contribution in [1.29, 1.82) is 0 Å². The van der Waals surface area contributed by atoms with Gasteiger partial charge in [0.25, 0.3) is 0 Å². The Hall–Kier alpha value is -0.820. The van der Waals surface area contributed by atoms with Crippen LogP contribution in [0.3, 0.4) is 0 Å². The standard InChI is InChI=1S/C15H23N/c1-3-12-6-9-14(10-7-12)15(16-2)11-8-13-4-5-13/h6-7,9-10,13,15-16H,3-5,8,11H2,1-2H3. The molecular weight excluding hydrogens is 194 g/mol. The van der Waals surface area contributed by atoms with Gasteiger partial charge in [0.1, 0.15) is 0 Å². The summed E-state index contributed by atoms with van der Waals surface area (Å²) in [6.07, 6.45) is 6.73. The fourth-order valence-corrected chi connectivity index (χ4v) is 2.27. The topological polar surface area (TPSA) is 12.0 Å². The van der Waals surface area contributed by atoms with Crippen molar-refractivity contribution in [1.82, 2.24) is 5.32 Å². The minimum absolute atomic E-state index is 0.548. The molecule has 2 rings (SSSR count).